The molecule has 0 aliphatic heterocycles. The van der Waals surface area contributed by atoms with Crippen molar-refractivity contribution in [1.29, 1.82) is 0 Å². The number of halogens is 1. The average molecular weight is 2250 g/mol. The molecule has 8 heterocycles. The number of nitrogens with zero attached hydrogens (tertiary/aromatic N) is 11. The Labute approximate surface area is 929 Å². The third-order valence-corrected chi connectivity index (χ3v) is 30.7. The SMILES string of the molecule is CC(C)c1[nH]c(COCc2ccccc2)nc1I.CC(C)c1nc(CO)n(Cc2ccncc2)c1Sc1cccc(O)c1.COc1cccc(SSc2cccc(C)c2)c1.Cc1cccc(S)c1.Cc1cccc(Sc2c(C(C)C)nc(CO)n2Cc2ccncc2)c1.Cc1cccc(Sc2c(C(C)C)nc(COCc3ccccc3)n2Cc2ccncc2)c1.Cc1cccc(Sc2nc(COCc3ccccc3)[nH]c2C(C)C)c1. The van der Waals surface area contributed by atoms with Gasteiger partial charge in [-0.25, -0.2) is 24.9 Å². The van der Waals surface area contributed by atoms with Crippen LogP contribution < -0.4 is 4.74 Å². The fourth-order valence-electron chi connectivity index (χ4n) is 15.2. The largest absolute Gasteiger partial charge is 0.508 e. The molecule has 0 unspecified atom stereocenters. The summed E-state index contributed by atoms with van der Waals surface area (Å²) in [6, 6.07) is 100. The number of H-pyrrole nitrogens is 2. The van der Waals surface area contributed by atoms with Crippen molar-refractivity contribution in [2.24, 2.45) is 0 Å². The zero-order chi connectivity index (χ0) is 107. The van der Waals surface area contributed by atoms with Gasteiger partial charge in [0.15, 0.2) is 0 Å². The molecule has 0 radical (unpaired) electrons. The van der Waals surface area contributed by atoms with E-state index in [-0.39, 0.29) is 30.8 Å². The maximum Gasteiger partial charge on any atom is 0.136 e. The van der Waals surface area contributed by atoms with Crippen LogP contribution in [0, 0.1) is 38.3 Å². The van der Waals surface area contributed by atoms with Crippen LogP contribution >= 0.6 is 104 Å². The van der Waals surface area contributed by atoms with Gasteiger partial charge in [-0.05, 0) is 259 Å². The van der Waals surface area contributed by atoms with Gasteiger partial charge in [0.1, 0.15) is 97.5 Å². The van der Waals surface area contributed by atoms with Crippen LogP contribution in [-0.4, -0.2) is 86.0 Å². The van der Waals surface area contributed by atoms with E-state index in [1.807, 2.05) is 144 Å². The molecule has 8 aromatic heterocycles. The van der Waals surface area contributed by atoms with E-state index in [0.29, 0.717) is 82.1 Å². The summed E-state index contributed by atoms with van der Waals surface area (Å²) in [5.41, 5.74) is 18.7. The zero-order valence-electron chi connectivity index (χ0n) is 88.1. The van der Waals surface area contributed by atoms with E-state index < -0.39 is 0 Å². The Balaban J connectivity index is 0.000000159. The molecule has 0 fully saturated rings. The van der Waals surface area contributed by atoms with Gasteiger partial charge in [-0.1, -0.05) is 324 Å². The number of phenolic OH excluding ortho intramolecular Hbond substituents is 1. The van der Waals surface area contributed by atoms with E-state index in [1.54, 1.807) is 113 Å². The molecule has 0 amide bonds. The van der Waals surface area contributed by atoms with Crippen LogP contribution in [0.5, 0.6) is 11.5 Å². The number of thiol groups is 1. The first-order valence-corrected chi connectivity index (χ1v) is 56.9. The quantitative estimate of drug-likeness (QED) is 0.0120. The summed E-state index contributed by atoms with van der Waals surface area (Å²) in [6.45, 7) is 37.1. The predicted molar refractivity (Wildman–Crippen MR) is 626 cm³/mol. The lowest BCUT2D eigenvalue weighted by atomic mass is 10.1. The van der Waals surface area contributed by atoms with Crippen molar-refractivity contribution in [3.05, 3.63) is 457 Å². The number of aliphatic hydroxyl groups is 2. The third-order valence-electron chi connectivity index (χ3n) is 22.9. The first-order valence-electron chi connectivity index (χ1n) is 50.0. The van der Waals surface area contributed by atoms with Gasteiger partial charge in [0, 0.05) is 71.4 Å². The van der Waals surface area contributed by atoms with Gasteiger partial charge in [-0.15, -0.1) is 12.6 Å². The summed E-state index contributed by atoms with van der Waals surface area (Å²) in [5.74, 6) is 6.91. The van der Waals surface area contributed by atoms with Crippen LogP contribution in [-0.2, 0) is 86.7 Å². The van der Waals surface area contributed by atoms with Gasteiger partial charge in [0.2, 0.25) is 0 Å². The standard InChI is InChI=1S/C27H29N3OS.C21H24N2OS.C20H23N3OS.C19H21N3O2S.C14H17IN2O.C14H14OS2.C7H8S/c1-20(2)26-27(32-24-11-7-8-21(3)16-24)30(17-22-12-14-28-15-13-22)25(29-26)19-31-18-23-9-5-4-6-10-23;1-15(2)20-21(25-18-11-7-8-16(3)12-18)23-19(22-20)14-24-13-17-9-5-4-6-10-17;1-14(2)19-20(25-17-6-4-5-15(3)11-17)23(18(13-24)22-19)12-16-7-9-21-10-8-16;1-13(2)18-19(25-16-5-3-4-15(24)10-16)22(17(12-23)21-18)11-14-6-8-20-9-7-14;1-10(2)13-14(15)17-12(16-13)9-18-8-11-6-4-3-5-7-11;1-11-5-3-7-13(9-11)16-17-14-8-4-6-12(10-14)15-2;1-6-3-2-4-7(8)5-6/h4-16,20H,17-19H2,1-3H3;4-12,15H,13-14H2,1-3H3,(H,22,23);4-11,14,24H,12-13H2,1-3H3;3-10,13,23-24H,11-12H2,1-2H3;3-7,10H,8-9H2,1-2H3,(H,16,17);3-10H,1-2H3;2-5,8H,1H3. The molecule has 20 nitrogen and oxygen atoms in total. The van der Waals surface area contributed by atoms with Crippen LogP contribution in [0.2, 0.25) is 0 Å². The lowest BCUT2D eigenvalue weighted by molar-refractivity contribution is 0.0991. The van der Waals surface area contributed by atoms with Gasteiger partial charge in [-0.3, -0.25) is 15.0 Å². The molecule has 0 spiro atoms. The van der Waals surface area contributed by atoms with Crippen LogP contribution in [0.1, 0.15) is 218 Å². The van der Waals surface area contributed by atoms with Gasteiger partial charge >= 0.3 is 0 Å². The monoisotopic (exact) mass is 2250 g/mol. The Morgan fingerprint density at radius 2 is 0.660 bits per heavy atom. The van der Waals surface area contributed by atoms with Crippen molar-refractivity contribution in [2.75, 3.05) is 7.11 Å². The van der Waals surface area contributed by atoms with Gasteiger partial charge < -0.3 is 57.9 Å². The highest BCUT2D eigenvalue weighted by Crippen LogP contribution is 2.43. The molecule has 0 atom stereocenters. The molecule has 0 bridgehead atoms. The molecule has 780 valence electrons. The molecule has 5 N–H and O–H groups in total. The fourth-order valence-corrected chi connectivity index (χ4v) is 23.6. The van der Waals surface area contributed by atoms with Crippen molar-refractivity contribution in [3.8, 4) is 11.5 Å². The Bertz CT molecular complexity index is 6940. The average Bonchev–Trinajstić information content (AvgIpc) is 1.65. The number of pyridine rings is 3. The van der Waals surface area contributed by atoms with E-state index in [9.17, 15) is 15.3 Å². The van der Waals surface area contributed by atoms with Gasteiger partial charge in [0.05, 0.1) is 75.0 Å². The van der Waals surface area contributed by atoms with Crippen molar-refractivity contribution in [2.45, 2.75) is 260 Å². The highest BCUT2D eigenvalue weighted by Gasteiger charge is 2.26. The summed E-state index contributed by atoms with van der Waals surface area (Å²) in [5, 5.41) is 33.7. The van der Waals surface area contributed by atoms with Gasteiger partial charge in [-0.2, -0.15) is 0 Å². The maximum absolute atomic E-state index is 9.82. The number of rotatable bonds is 37. The Kier molecular flexibility index (Phi) is 48.1. The van der Waals surface area contributed by atoms with E-state index >= 15 is 0 Å². The summed E-state index contributed by atoms with van der Waals surface area (Å²) in [7, 11) is 5.21. The number of aliphatic hydroxyl groups excluding tert-OH is 2. The second kappa shape index (κ2) is 61.7. The van der Waals surface area contributed by atoms with E-state index in [0.717, 1.165) is 92.1 Å². The number of ether oxygens (including phenoxy) is 4. The molecular weight excluding hydrogens is 2110 g/mol. The van der Waals surface area contributed by atoms with E-state index in [4.69, 9.17) is 33.9 Å². The highest BCUT2D eigenvalue weighted by molar-refractivity contribution is 14.1. The summed E-state index contributed by atoms with van der Waals surface area (Å²) in [6.07, 6.45) is 10.8. The number of aromatic hydroxyl groups is 1. The highest BCUT2D eigenvalue weighted by atomic mass is 127. The molecule has 18 rings (SSSR count). The number of aromatic nitrogens is 13. The first-order chi connectivity index (χ1) is 72.6. The molecule has 0 saturated heterocycles. The summed E-state index contributed by atoms with van der Waals surface area (Å²) in [4.78, 5) is 50.8. The van der Waals surface area contributed by atoms with Crippen LogP contribution in [0.4, 0.5) is 0 Å². The third kappa shape index (κ3) is 38.3. The number of hydrogen-bond donors (Lipinski definition) is 6. The molecule has 10 aromatic carbocycles. The van der Waals surface area contributed by atoms with Crippen LogP contribution in [0.25, 0.3) is 0 Å². The smallest absolute Gasteiger partial charge is 0.136 e. The normalized spacial score (nSPS) is 11.0. The number of nitrogens with one attached hydrogen (secondary N) is 2. The topological polar surface area (TPSA) is 247 Å². The molecule has 28 heteroatoms. The van der Waals surface area contributed by atoms with E-state index in [1.165, 1.54) is 85.4 Å². The lowest BCUT2D eigenvalue weighted by Crippen LogP contribution is -2.08. The number of phenols is 1. The number of imidazole rings is 5. The minimum absolute atomic E-state index is 0.0703. The van der Waals surface area contributed by atoms with Crippen LogP contribution in [0.15, 0.2) is 389 Å². The number of methoxy groups -OCH3 is 1. The summed E-state index contributed by atoms with van der Waals surface area (Å²) < 4.78 is 30.3. The molecule has 18 aromatic rings. The number of hydrogen-bond acceptors (Lipinski definition) is 22. The van der Waals surface area contributed by atoms with Crippen molar-refractivity contribution < 1.29 is 34.3 Å². The maximum atomic E-state index is 9.82. The second-order valence-corrected chi connectivity index (χ2v) is 45.2. The molecule has 0 saturated carbocycles. The number of aryl methyl sites for hydroxylation is 5. The predicted octanol–water partition coefficient (Wildman–Crippen LogP) is 31.5. The van der Waals surface area contributed by atoms with Crippen molar-refractivity contribution >= 4 is 104 Å². The Morgan fingerprint density at radius 1 is 0.327 bits per heavy atom. The summed E-state index contributed by atoms with van der Waals surface area (Å²) >= 11 is 13.2. The molecule has 150 heavy (non-hydrogen) atoms. The van der Waals surface area contributed by atoms with Crippen LogP contribution in [0.3, 0.4) is 0 Å². The Hall–Kier alpha value is -11.7. The number of aromatic amines is 2. The second-order valence-electron chi connectivity index (χ2n) is 37.2. The Morgan fingerprint density at radius 3 is 1.02 bits per heavy atom. The minimum Gasteiger partial charge on any atom is -0.508 e. The number of benzene rings is 10. The zero-order valence-corrected chi connectivity index (χ0v) is 96.0. The van der Waals surface area contributed by atoms with Crippen molar-refractivity contribution in [3.63, 3.8) is 0 Å². The van der Waals surface area contributed by atoms with E-state index in [2.05, 4.69) is 341 Å². The van der Waals surface area contributed by atoms with Gasteiger partial charge in [0.25, 0.3) is 0 Å². The fraction of sp³-hybridized carbons (Fsp3) is 0.262. The molecular formula is C122H136IN13O7S7. The van der Waals surface area contributed by atoms with Crippen molar-refractivity contribution in [1.82, 2.24) is 63.5 Å². The lowest BCUT2D eigenvalue weighted by Gasteiger charge is -2.14. The molecule has 0 aliphatic carbocycles. The molecule has 0 aliphatic rings. The minimum atomic E-state index is -0.120. The first kappa shape index (κ1) is 117.